The second-order valence-electron chi connectivity index (χ2n) is 6.66. The number of rotatable bonds is 6. The molecule has 146 valence electrons. The van der Waals surface area contributed by atoms with Gasteiger partial charge in [0.25, 0.3) is 5.91 Å². The van der Waals surface area contributed by atoms with Crippen LogP contribution in [-0.2, 0) is 0 Å². The van der Waals surface area contributed by atoms with Crippen molar-refractivity contribution in [2.24, 2.45) is 5.73 Å². The molecule has 0 radical (unpaired) electrons. The number of aromatic nitrogens is 3. The molecule has 28 heavy (non-hydrogen) atoms. The SMILES string of the molecule is Cl.NC(CNC(=O)c1nc(C2CC2)n(-c2ccccc2Cl)n1)c1ccccc1. The summed E-state index contributed by atoms with van der Waals surface area (Å²) in [5, 5.41) is 7.82. The molecule has 4 rings (SSSR count). The predicted molar refractivity (Wildman–Crippen MR) is 111 cm³/mol. The van der Waals surface area contributed by atoms with Gasteiger partial charge in [0.1, 0.15) is 5.82 Å². The molecule has 1 aliphatic rings. The molecule has 0 spiro atoms. The number of carbonyl (C=O) groups is 1. The summed E-state index contributed by atoms with van der Waals surface area (Å²) in [6.07, 6.45) is 2.09. The van der Waals surface area contributed by atoms with Crippen molar-refractivity contribution in [1.82, 2.24) is 20.1 Å². The summed E-state index contributed by atoms with van der Waals surface area (Å²) in [4.78, 5) is 17.0. The molecule has 1 amide bonds. The van der Waals surface area contributed by atoms with E-state index < -0.39 is 0 Å². The first-order valence-electron chi connectivity index (χ1n) is 8.94. The van der Waals surface area contributed by atoms with Gasteiger partial charge in [-0.3, -0.25) is 4.79 Å². The van der Waals surface area contributed by atoms with E-state index in [0.29, 0.717) is 17.5 Å². The largest absolute Gasteiger partial charge is 0.347 e. The first-order chi connectivity index (χ1) is 13.1. The second-order valence-corrected chi connectivity index (χ2v) is 7.07. The standard InChI is InChI=1S/C20H20ClN5O.ClH/c21-15-8-4-5-9-17(15)26-19(14-10-11-14)24-18(25-26)20(27)23-12-16(22)13-6-2-1-3-7-13;/h1-9,14,16H,10-12,22H2,(H,23,27);1H. The number of hydrogen-bond donors (Lipinski definition) is 2. The molecule has 1 heterocycles. The zero-order valence-corrected chi connectivity index (χ0v) is 16.7. The molecule has 1 aromatic heterocycles. The summed E-state index contributed by atoms with van der Waals surface area (Å²) in [6.45, 7) is 0.308. The van der Waals surface area contributed by atoms with Crippen LogP contribution in [0.5, 0.6) is 0 Å². The van der Waals surface area contributed by atoms with Gasteiger partial charge in [0.2, 0.25) is 5.82 Å². The van der Waals surface area contributed by atoms with E-state index in [-0.39, 0.29) is 30.2 Å². The lowest BCUT2D eigenvalue weighted by Crippen LogP contribution is -2.32. The first kappa shape index (κ1) is 20.3. The molecule has 1 aliphatic carbocycles. The fourth-order valence-electron chi connectivity index (χ4n) is 2.93. The van der Waals surface area contributed by atoms with Crippen LogP contribution in [0.4, 0.5) is 0 Å². The molecular formula is C20H21Cl2N5O. The Morgan fingerprint density at radius 1 is 1.18 bits per heavy atom. The second kappa shape index (κ2) is 8.73. The van der Waals surface area contributed by atoms with Crippen molar-refractivity contribution < 1.29 is 4.79 Å². The minimum absolute atomic E-state index is 0. The van der Waals surface area contributed by atoms with Gasteiger partial charge in [0.05, 0.1) is 10.7 Å². The minimum Gasteiger partial charge on any atom is -0.347 e. The highest BCUT2D eigenvalue weighted by molar-refractivity contribution is 6.32. The van der Waals surface area contributed by atoms with Crippen LogP contribution in [0.25, 0.3) is 5.69 Å². The van der Waals surface area contributed by atoms with Crippen molar-refractivity contribution in [2.45, 2.75) is 24.8 Å². The summed E-state index contributed by atoms with van der Waals surface area (Å²) in [5.74, 6) is 0.897. The van der Waals surface area contributed by atoms with E-state index >= 15 is 0 Å². The van der Waals surface area contributed by atoms with Crippen LogP contribution >= 0.6 is 24.0 Å². The van der Waals surface area contributed by atoms with E-state index in [1.165, 1.54) is 0 Å². The van der Waals surface area contributed by atoms with Crippen molar-refractivity contribution in [3.8, 4) is 5.69 Å². The zero-order valence-electron chi connectivity index (χ0n) is 15.1. The summed E-state index contributed by atoms with van der Waals surface area (Å²) >= 11 is 6.31. The normalized spacial score (nSPS) is 14.2. The van der Waals surface area contributed by atoms with Crippen molar-refractivity contribution in [1.29, 1.82) is 0 Å². The first-order valence-corrected chi connectivity index (χ1v) is 9.32. The van der Waals surface area contributed by atoms with Gasteiger partial charge in [-0.05, 0) is 30.5 Å². The number of halogens is 2. The van der Waals surface area contributed by atoms with Crippen LogP contribution in [0.3, 0.4) is 0 Å². The Kier molecular flexibility index (Phi) is 6.34. The number of nitrogens with zero attached hydrogens (tertiary/aromatic N) is 3. The lowest BCUT2D eigenvalue weighted by atomic mass is 10.1. The van der Waals surface area contributed by atoms with Crippen LogP contribution in [0, 0.1) is 0 Å². The molecule has 2 aromatic carbocycles. The van der Waals surface area contributed by atoms with Gasteiger partial charge < -0.3 is 11.1 Å². The fourth-order valence-corrected chi connectivity index (χ4v) is 3.14. The number of benzene rings is 2. The van der Waals surface area contributed by atoms with Gasteiger partial charge in [0.15, 0.2) is 0 Å². The van der Waals surface area contributed by atoms with Crippen molar-refractivity contribution in [3.05, 3.63) is 76.8 Å². The maximum atomic E-state index is 12.6. The molecule has 3 aromatic rings. The van der Waals surface area contributed by atoms with Gasteiger partial charge in [-0.2, -0.15) is 0 Å². The van der Waals surface area contributed by atoms with Gasteiger partial charge in [0, 0.05) is 18.5 Å². The summed E-state index contributed by atoms with van der Waals surface area (Å²) in [7, 11) is 0. The number of para-hydroxylation sites is 1. The Balaban J connectivity index is 0.00000225. The van der Waals surface area contributed by atoms with Crippen LogP contribution in [0.1, 0.15) is 46.8 Å². The highest BCUT2D eigenvalue weighted by atomic mass is 35.5. The lowest BCUT2D eigenvalue weighted by molar-refractivity contribution is 0.0941. The highest BCUT2D eigenvalue weighted by Crippen LogP contribution is 2.40. The van der Waals surface area contributed by atoms with Crippen molar-refractivity contribution >= 4 is 29.9 Å². The Morgan fingerprint density at radius 2 is 1.86 bits per heavy atom. The summed E-state index contributed by atoms with van der Waals surface area (Å²) in [6, 6.07) is 16.8. The zero-order chi connectivity index (χ0) is 18.8. The molecular weight excluding hydrogens is 397 g/mol. The van der Waals surface area contributed by atoms with Crippen molar-refractivity contribution in [3.63, 3.8) is 0 Å². The monoisotopic (exact) mass is 417 g/mol. The third-order valence-corrected chi connectivity index (χ3v) is 4.89. The number of carbonyl (C=O) groups excluding carboxylic acids is 1. The number of nitrogens with two attached hydrogens (primary N) is 1. The van der Waals surface area contributed by atoms with Crippen LogP contribution < -0.4 is 11.1 Å². The molecule has 0 saturated heterocycles. The topological polar surface area (TPSA) is 85.8 Å². The molecule has 6 nitrogen and oxygen atoms in total. The number of nitrogens with one attached hydrogen (secondary N) is 1. The smallest absolute Gasteiger partial charge is 0.291 e. The Morgan fingerprint density at radius 3 is 2.54 bits per heavy atom. The van der Waals surface area contributed by atoms with E-state index in [9.17, 15) is 4.79 Å². The van der Waals surface area contributed by atoms with Gasteiger partial charge in [-0.15, -0.1) is 17.5 Å². The third kappa shape index (κ3) is 4.35. The Hall–Kier alpha value is -2.41. The summed E-state index contributed by atoms with van der Waals surface area (Å²) in [5.41, 5.74) is 7.84. The van der Waals surface area contributed by atoms with E-state index in [1.54, 1.807) is 10.7 Å². The minimum atomic E-state index is -0.339. The van der Waals surface area contributed by atoms with Gasteiger partial charge in [-0.1, -0.05) is 54.1 Å². The highest BCUT2D eigenvalue weighted by Gasteiger charge is 2.32. The average Bonchev–Trinajstić information content (AvgIpc) is 3.45. The Labute approximate surface area is 174 Å². The van der Waals surface area contributed by atoms with Crippen LogP contribution in [0.15, 0.2) is 54.6 Å². The van der Waals surface area contributed by atoms with Crippen LogP contribution in [0.2, 0.25) is 5.02 Å². The number of hydrogen-bond acceptors (Lipinski definition) is 4. The molecule has 1 unspecified atom stereocenters. The van der Waals surface area contributed by atoms with Gasteiger partial charge in [-0.25, -0.2) is 9.67 Å². The molecule has 0 aliphatic heterocycles. The predicted octanol–water partition coefficient (Wildman–Crippen LogP) is 3.65. The number of amides is 1. The Bertz CT molecular complexity index is 956. The maximum absolute atomic E-state index is 12.6. The molecule has 1 saturated carbocycles. The van der Waals surface area contributed by atoms with Crippen LogP contribution in [-0.4, -0.2) is 27.2 Å². The third-order valence-electron chi connectivity index (χ3n) is 4.57. The summed E-state index contributed by atoms with van der Waals surface area (Å²) < 4.78 is 1.69. The molecule has 0 bridgehead atoms. The quantitative estimate of drug-likeness (QED) is 0.640. The lowest BCUT2D eigenvalue weighted by Gasteiger charge is -2.12. The average molecular weight is 418 g/mol. The van der Waals surface area contributed by atoms with E-state index in [0.717, 1.165) is 29.9 Å². The molecule has 1 fully saturated rings. The van der Waals surface area contributed by atoms with E-state index in [2.05, 4.69) is 15.4 Å². The van der Waals surface area contributed by atoms with E-state index in [1.807, 2.05) is 48.5 Å². The molecule has 3 N–H and O–H groups in total. The fraction of sp³-hybridized carbons (Fsp3) is 0.250. The maximum Gasteiger partial charge on any atom is 0.291 e. The van der Waals surface area contributed by atoms with E-state index in [4.69, 9.17) is 17.3 Å². The van der Waals surface area contributed by atoms with Crippen molar-refractivity contribution in [2.75, 3.05) is 6.54 Å². The molecule has 1 atom stereocenters. The molecule has 8 heteroatoms. The van der Waals surface area contributed by atoms with Gasteiger partial charge >= 0.3 is 0 Å².